The van der Waals surface area contributed by atoms with E-state index in [-0.39, 0.29) is 53.3 Å². The van der Waals surface area contributed by atoms with Crippen molar-refractivity contribution in [2.75, 3.05) is 41.5 Å². The minimum Gasteiger partial charge on any atom is -0.495 e. The second-order valence-electron chi connectivity index (χ2n) is 35.6. The highest BCUT2D eigenvalue weighted by Gasteiger charge is 2.51. The number of amides is 9. The number of halogens is 3. The van der Waals surface area contributed by atoms with Gasteiger partial charge in [0, 0.05) is 48.5 Å². The molecule has 2 saturated heterocycles. The fraction of sp³-hybridized carbons (Fsp3) is 0.412. The van der Waals surface area contributed by atoms with Crippen molar-refractivity contribution in [2.24, 2.45) is 11.3 Å². The van der Waals surface area contributed by atoms with Gasteiger partial charge in [0.2, 0.25) is 17.7 Å². The molecule has 30 nitrogen and oxygen atoms in total. The maximum atomic E-state index is 13.1. The second-order valence-corrected chi connectivity index (χ2v) is 36.8. The number of H-pyrrole nitrogens is 1. The normalized spacial score (nSPS) is 15.4. The highest BCUT2D eigenvalue weighted by molar-refractivity contribution is 6.35. The van der Waals surface area contributed by atoms with Crippen molar-refractivity contribution in [3.05, 3.63) is 216 Å². The SMILES string of the molecule is CC(=O)Oc1ccc(C)cc1C1C(=O)Oc2ccc(C)cc21.CCC(Oc1ccc(C)cc1C)C(=O)Nc1ccc(Cl)c(NC(=O)C(C(C)=O)N2C(=O)CC(C)(C)C2=O)c1.CCCCCCCCCCCCOC(=O)c1ccc(Cl)c(NC(=O)C2CCCC2=O)c1.COc1ccc(C)cc1NC(=O)C(C(C)=O)N1C(=O)CN(Cc2ccccc2)C1=O.Cc1nnc2c(Cl)c(C(C)(C)C)[nH]n12. The van der Waals surface area contributed by atoms with Crippen LogP contribution < -0.4 is 40.2 Å². The van der Waals surface area contributed by atoms with Crippen molar-refractivity contribution in [1.82, 2.24) is 34.5 Å². The lowest BCUT2D eigenvalue weighted by Gasteiger charge is -2.25. The maximum Gasteiger partial charge on any atom is 0.338 e. The van der Waals surface area contributed by atoms with Gasteiger partial charge < -0.3 is 49.9 Å². The Labute approximate surface area is 801 Å². The average molecular weight is 1910 g/mol. The maximum absolute atomic E-state index is 13.1. The van der Waals surface area contributed by atoms with Gasteiger partial charge >= 0.3 is 23.9 Å². The predicted octanol–water partition coefficient (Wildman–Crippen LogP) is 19.1. The van der Waals surface area contributed by atoms with Gasteiger partial charge in [-0.3, -0.25) is 67.5 Å². The summed E-state index contributed by atoms with van der Waals surface area (Å²) in [5.74, 6) is -5.12. The number of carbonyl (C=O) groups excluding carboxylic acids is 14. The molecule has 5 unspecified atom stereocenters. The number of aromatic nitrogens is 4. The lowest BCUT2D eigenvalue weighted by Crippen LogP contribution is -2.52. The summed E-state index contributed by atoms with van der Waals surface area (Å²) in [6, 6.07) is 36.3. The third kappa shape index (κ3) is 28.3. The Morgan fingerprint density at radius 2 is 1.17 bits per heavy atom. The number of anilines is 4. The number of carbonyl (C=O) groups is 14. The number of imide groups is 2. The molecule has 0 bridgehead atoms. The highest BCUT2D eigenvalue weighted by Crippen LogP contribution is 2.44. The Morgan fingerprint density at radius 1 is 0.600 bits per heavy atom. The summed E-state index contributed by atoms with van der Waals surface area (Å²) in [6.07, 6.45) is 13.5. The summed E-state index contributed by atoms with van der Waals surface area (Å²) < 4.78 is 29.0. The van der Waals surface area contributed by atoms with Gasteiger partial charge in [-0.2, -0.15) is 0 Å². The van der Waals surface area contributed by atoms with Gasteiger partial charge in [0.1, 0.15) is 52.1 Å². The second kappa shape index (κ2) is 48.3. The number of hydrogen-bond acceptors (Lipinski definition) is 21. The topological polar surface area (TPSA) is 389 Å². The van der Waals surface area contributed by atoms with Gasteiger partial charge in [0.25, 0.3) is 23.6 Å². The lowest BCUT2D eigenvalue weighted by atomic mass is 9.90. The van der Waals surface area contributed by atoms with E-state index < -0.39 is 100 Å². The van der Waals surface area contributed by atoms with E-state index in [2.05, 4.69) is 64.3 Å². The number of aryl methyl sites for hydroxylation is 6. The van der Waals surface area contributed by atoms with E-state index in [1.165, 1.54) is 95.4 Å². The van der Waals surface area contributed by atoms with Crippen molar-refractivity contribution < 1.29 is 90.8 Å². The fourth-order valence-electron chi connectivity index (χ4n) is 15.6. The van der Waals surface area contributed by atoms with E-state index in [0.29, 0.717) is 97.6 Å². The number of Topliss-reactive ketones (excluding diaryl/α,β-unsaturated/α-hetero) is 3. The van der Waals surface area contributed by atoms with E-state index >= 15 is 0 Å². The average Bonchev–Trinajstić information content (AvgIpc) is 1.63. The van der Waals surface area contributed by atoms with Crippen LogP contribution in [0.15, 0.2) is 140 Å². The van der Waals surface area contributed by atoms with E-state index in [4.69, 9.17) is 58.5 Å². The molecule has 33 heteroatoms. The number of esters is 3. The molecule has 0 spiro atoms. The molecule has 13 rings (SSSR count). The largest absolute Gasteiger partial charge is 0.495 e. The van der Waals surface area contributed by atoms with Crippen molar-refractivity contribution in [1.29, 1.82) is 0 Å². The van der Waals surface area contributed by atoms with Crippen LogP contribution in [0.5, 0.6) is 23.0 Å². The third-order valence-electron chi connectivity index (χ3n) is 22.8. The zero-order valence-corrected chi connectivity index (χ0v) is 81.7. The van der Waals surface area contributed by atoms with Crippen molar-refractivity contribution in [3.63, 3.8) is 0 Å². The number of ketones is 3. The zero-order chi connectivity index (χ0) is 99.0. The number of aromatic amines is 1. The van der Waals surface area contributed by atoms with Gasteiger partial charge in [-0.1, -0.05) is 231 Å². The van der Waals surface area contributed by atoms with Crippen molar-refractivity contribution in [2.45, 2.75) is 243 Å². The Kier molecular flexibility index (Phi) is 37.9. The first-order valence-corrected chi connectivity index (χ1v) is 46.2. The monoisotopic (exact) mass is 1910 g/mol. The molecule has 3 fully saturated rings. The van der Waals surface area contributed by atoms with Crippen LogP contribution in [-0.4, -0.2) is 156 Å². The number of methoxy groups -OCH3 is 1. The first-order chi connectivity index (χ1) is 63.9. The molecule has 9 aromatic rings. The predicted molar refractivity (Wildman–Crippen MR) is 515 cm³/mol. The van der Waals surface area contributed by atoms with E-state index in [9.17, 15) is 67.1 Å². The number of nitrogens with zero attached hydrogens (tertiary/aromatic N) is 6. The molecule has 1 aliphatic carbocycles. The number of likely N-dealkylation sites (tertiary alicyclic amines) is 1. The summed E-state index contributed by atoms with van der Waals surface area (Å²) in [6.45, 7) is 29.1. The van der Waals surface area contributed by atoms with Crippen LogP contribution in [0.1, 0.15) is 238 Å². The summed E-state index contributed by atoms with van der Waals surface area (Å²) in [5.41, 5.74) is 9.32. The van der Waals surface area contributed by atoms with Gasteiger partial charge in [-0.15, -0.1) is 10.2 Å². The Balaban J connectivity index is 0.000000195. The molecule has 7 aromatic carbocycles. The minimum absolute atomic E-state index is 0.00970. The molecular weight excluding hydrogens is 1790 g/mol. The highest BCUT2D eigenvalue weighted by atomic mass is 35.5. The molecule has 5 heterocycles. The van der Waals surface area contributed by atoms with Crippen LogP contribution in [0.25, 0.3) is 5.65 Å². The lowest BCUT2D eigenvalue weighted by molar-refractivity contribution is -0.151. The Bertz CT molecular complexity index is 5900. The summed E-state index contributed by atoms with van der Waals surface area (Å²) in [4.78, 5) is 177. The number of rotatable bonds is 32. The molecule has 5 atom stereocenters. The van der Waals surface area contributed by atoms with Gasteiger partial charge in [0.15, 0.2) is 35.4 Å². The van der Waals surface area contributed by atoms with Crippen molar-refractivity contribution in [3.8, 4) is 23.0 Å². The minimum atomic E-state index is -1.64. The van der Waals surface area contributed by atoms with Gasteiger partial charge in [-0.05, 0) is 164 Å². The van der Waals surface area contributed by atoms with Crippen LogP contribution >= 0.6 is 34.8 Å². The molecule has 135 heavy (non-hydrogen) atoms. The zero-order valence-electron chi connectivity index (χ0n) is 79.5. The quantitative estimate of drug-likeness (QED) is 0.00653. The van der Waals surface area contributed by atoms with E-state index in [1.54, 1.807) is 56.3 Å². The van der Waals surface area contributed by atoms with E-state index in [1.807, 2.05) is 132 Å². The van der Waals surface area contributed by atoms with Crippen LogP contribution in [0.4, 0.5) is 27.5 Å². The molecule has 0 radical (unpaired) electrons. The number of hydrogen-bond donors (Lipinski definition) is 5. The standard InChI is InChI=1S/C28H32ClN3O6.C25H36ClNO4.C22H23N3O5.C18H16O4.C9H13ClN4/c1-7-21(38-22-11-8-15(2)12-16(22)3)25(35)30-18-9-10-19(29)20(13-18)31-26(36)24(17(4)33)32-23(34)14-28(5,6)27(32)37;1-2-3-4-5-6-7-8-9-10-11-17-31-25(30)19-15-16-21(26)22(18-19)27-24(29)20-13-12-14-23(20)28;1-14-9-10-18(30-3)17(11-14)23-21(28)20(15(2)26)25-19(27)13-24(22(25)29)12-16-7-5-4-6-8-16;1-10-4-6-15(21-12(3)19)13(8-10)17-14-9-11(2)5-7-16(14)22-18(17)20;1-5-11-12-8-6(10)7(9(2,3)4)13-14(5)8/h8-13,21,24H,7,14H2,1-6H3,(H,30,35)(H,31,36);15-16,18,20H,2-14,17H2,1H3,(H,27,29);4-11,20H,12-13H2,1-3H3,(H,23,28);4-9,17H,1-3H3;13H,1-4H3. The van der Waals surface area contributed by atoms with Gasteiger partial charge in [0.05, 0.1) is 63.4 Å². The van der Waals surface area contributed by atoms with Gasteiger partial charge in [-0.25, -0.2) is 19.0 Å². The number of fused-ring (bicyclic) bond motifs is 2. The van der Waals surface area contributed by atoms with E-state index in [0.717, 1.165) is 81.5 Å². The molecule has 4 aliphatic rings. The molecular formula is C102H120Cl3N11O19. The summed E-state index contributed by atoms with van der Waals surface area (Å²) in [7, 11) is 1.46. The smallest absolute Gasteiger partial charge is 0.338 e. The Hall–Kier alpha value is -12.9. The van der Waals surface area contributed by atoms with Crippen LogP contribution in [0, 0.1) is 52.9 Å². The summed E-state index contributed by atoms with van der Waals surface area (Å²) >= 11 is 18.6. The van der Waals surface area contributed by atoms with Crippen LogP contribution in [0.2, 0.25) is 15.1 Å². The molecule has 2 aromatic heterocycles. The number of urea groups is 1. The summed E-state index contributed by atoms with van der Waals surface area (Å²) in [5, 5.41) is 22.9. The van der Waals surface area contributed by atoms with Crippen LogP contribution in [0.3, 0.4) is 0 Å². The molecule has 3 aliphatic heterocycles. The Morgan fingerprint density at radius 3 is 1.74 bits per heavy atom. The molecule has 1 saturated carbocycles. The number of nitrogens with one attached hydrogen (secondary N) is 5. The molecule has 5 N–H and O–H groups in total. The first kappa shape index (κ1) is 106. The fourth-order valence-corrected chi connectivity index (χ4v) is 16.4. The number of ether oxygens (including phenoxy) is 5. The number of benzene rings is 7. The molecule has 9 amide bonds. The molecule has 718 valence electrons. The van der Waals surface area contributed by atoms with Crippen molar-refractivity contribution >= 4 is 146 Å². The first-order valence-electron chi connectivity index (χ1n) is 45.1. The number of unbranched alkanes of at least 4 members (excludes halogenated alkanes) is 9. The van der Waals surface area contributed by atoms with Crippen LogP contribution in [-0.2, 0) is 74.2 Å². The third-order valence-corrected chi connectivity index (χ3v) is 23.8.